The Kier molecular flexibility index (Phi) is 4.76. The normalized spacial score (nSPS) is 16.7. The second-order valence-electron chi connectivity index (χ2n) is 6.37. The van der Waals surface area contributed by atoms with E-state index in [9.17, 15) is 18.0 Å². The van der Waals surface area contributed by atoms with Gasteiger partial charge in [-0.15, -0.1) is 0 Å². The number of aryl methyl sites for hydroxylation is 3. The van der Waals surface area contributed by atoms with E-state index in [1.54, 1.807) is 20.9 Å². The highest BCUT2D eigenvalue weighted by molar-refractivity contribution is 7.89. The van der Waals surface area contributed by atoms with Crippen LogP contribution >= 0.6 is 0 Å². The molecule has 3 rings (SSSR count). The van der Waals surface area contributed by atoms with Gasteiger partial charge in [0, 0.05) is 32.2 Å². The van der Waals surface area contributed by atoms with E-state index >= 15 is 0 Å². The number of rotatable bonds is 4. The third kappa shape index (κ3) is 3.31. The number of sulfonamides is 1. The minimum absolute atomic E-state index is 0.113. The summed E-state index contributed by atoms with van der Waals surface area (Å²) in [6, 6.07) is 1.07. The maximum Gasteiger partial charge on any atom is 0.269 e. The molecule has 0 saturated carbocycles. The minimum Gasteiger partial charge on any atom is -0.360 e. The lowest BCUT2D eigenvalue weighted by molar-refractivity contribution is 0.0914. The van der Waals surface area contributed by atoms with E-state index in [1.165, 1.54) is 15.1 Å². The average Bonchev–Trinajstić information content (AvgIpc) is 3.09. The molecule has 1 amide bonds. The fourth-order valence-electron chi connectivity index (χ4n) is 3.17. The standard InChI is InChI=1S/C15H21N5O5S/c1-9-14(10(2)25-18-9)26(23,24)20-6-4-11(5-7-20)16-15(22)12-8-13(21)17-19(12)3/h8,11H,4-7H2,1-3H3,(H,16,22)(H,17,21). The van der Waals surface area contributed by atoms with E-state index in [2.05, 4.69) is 15.6 Å². The Bertz CT molecular complexity index is 959. The van der Waals surface area contributed by atoms with Crippen LogP contribution in [0.4, 0.5) is 0 Å². The summed E-state index contributed by atoms with van der Waals surface area (Å²) >= 11 is 0. The molecule has 0 bridgehead atoms. The molecule has 3 heterocycles. The lowest BCUT2D eigenvalue weighted by Gasteiger charge is -2.31. The number of hydrogen-bond acceptors (Lipinski definition) is 6. The van der Waals surface area contributed by atoms with Crippen molar-refractivity contribution in [1.29, 1.82) is 0 Å². The molecule has 1 aliphatic heterocycles. The van der Waals surface area contributed by atoms with E-state index in [0.29, 0.717) is 18.5 Å². The highest BCUT2D eigenvalue weighted by Crippen LogP contribution is 2.25. The lowest BCUT2D eigenvalue weighted by atomic mass is 10.1. The van der Waals surface area contributed by atoms with Crippen LogP contribution in [-0.2, 0) is 17.1 Å². The summed E-state index contributed by atoms with van der Waals surface area (Å²) in [5.41, 5.74) is 0.227. The quantitative estimate of drug-likeness (QED) is 0.758. The van der Waals surface area contributed by atoms with Gasteiger partial charge < -0.3 is 9.84 Å². The average molecular weight is 383 g/mol. The zero-order valence-corrected chi connectivity index (χ0v) is 15.6. The van der Waals surface area contributed by atoms with Crippen LogP contribution < -0.4 is 10.9 Å². The van der Waals surface area contributed by atoms with Crippen LogP contribution in [0.3, 0.4) is 0 Å². The number of carbonyl (C=O) groups excluding carboxylic acids is 1. The molecule has 2 aromatic rings. The summed E-state index contributed by atoms with van der Waals surface area (Å²) < 4.78 is 33.3. The Morgan fingerprint density at radius 3 is 2.50 bits per heavy atom. The van der Waals surface area contributed by atoms with Gasteiger partial charge in [0.25, 0.3) is 11.5 Å². The van der Waals surface area contributed by atoms with Gasteiger partial charge in [0.1, 0.15) is 16.3 Å². The van der Waals surface area contributed by atoms with Gasteiger partial charge in [0.2, 0.25) is 10.0 Å². The van der Waals surface area contributed by atoms with Gasteiger partial charge in [0.15, 0.2) is 5.76 Å². The Balaban J connectivity index is 1.65. The molecule has 11 heteroatoms. The molecule has 0 spiro atoms. The van der Waals surface area contributed by atoms with Crippen molar-refractivity contribution < 1.29 is 17.7 Å². The van der Waals surface area contributed by atoms with Crippen LogP contribution in [0.2, 0.25) is 0 Å². The Labute approximate surface area is 150 Å². The van der Waals surface area contributed by atoms with E-state index in [4.69, 9.17) is 4.52 Å². The molecule has 142 valence electrons. The van der Waals surface area contributed by atoms with Gasteiger partial charge in [-0.05, 0) is 26.7 Å². The molecule has 26 heavy (non-hydrogen) atoms. The third-order valence-corrected chi connectivity index (χ3v) is 6.64. The van der Waals surface area contributed by atoms with Crippen LogP contribution in [0.15, 0.2) is 20.3 Å². The largest absolute Gasteiger partial charge is 0.360 e. The zero-order valence-electron chi connectivity index (χ0n) is 14.8. The van der Waals surface area contributed by atoms with Crippen LogP contribution in [0.5, 0.6) is 0 Å². The number of amides is 1. The topological polar surface area (TPSA) is 130 Å². The highest BCUT2D eigenvalue weighted by atomic mass is 32.2. The Morgan fingerprint density at radius 2 is 2.00 bits per heavy atom. The number of piperidine rings is 1. The first-order chi connectivity index (χ1) is 12.2. The van der Waals surface area contributed by atoms with E-state index in [0.717, 1.165) is 0 Å². The fourth-order valence-corrected chi connectivity index (χ4v) is 4.93. The molecule has 0 aromatic carbocycles. The second-order valence-corrected chi connectivity index (χ2v) is 8.24. The molecular formula is C15H21N5O5S. The van der Waals surface area contributed by atoms with Crippen molar-refractivity contribution in [2.75, 3.05) is 13.1 Å². The van der Waals surface area contributed by atoms with Crippen LogP contribution in [0.25, 0.3) is 0 Å². The van der Waals surface area contributed by atoms with Crippen molar-refractivity contribution in [3.63, 3.8) is 0 Å². The summed E-state index contributed by atoms with van der Waals surface area (Å²) in [5.74, 6) is -0.0934. The number of nitrogens with zero attached hydrogens (tertiary/aromatic N) is 3. The maximum absolute atomic E-state index is 12.8. The number of aromatic nitrogens is 3. The first-order valence-corrected chi connectivity index (χ1v) is 9.64. The molecule has 0 unspecified atom stereocenters. The fraction of sp³-hybridized carbons (Fsp3) is 0.533. The van der Waals surface area contributed by atoms with Crippen molar-refractivity contribution in [3.8, 4) is 0 Å². The predicted octanol–water partition coefficient (Wildman–Crippen LogP) is -0.0987. The Morgan fingerprint density at radius 1 is 1.35 bits per heavy atom. The van der Waals surface area contributed by atoms with E-state index in [1.807, 2.05) is 0 Å². The number of nitrogens with one attached hydrogen (secondary N) is 2. The highest BCUT2D eigenvalue weighted by Gasteiger charge is 2.34. The van der Waals surface area contributed by atoms with Gasteiger partial charge in [-0.1, -0.05) is 5.16 Å². The SMILES string of the molecule is Cc1noc(C)c1S(=O)(=O)N1CCC(NC(=O)c2cc(=O)[nH]n2C)CC1. The smallest absolute Gasteiger partial charge is 0.269 e. The minimum atomic E-state index is -3.67. The zero-order chi connectivity index (χ0) is 19.1. The number of H-pyrrole nitrogens is 1. The predicted molar refractivity (Wildman–Crippen MR) is 91.3 cm³/mol. The lowest BCUT2D eigenvalue weighted by Crippen LogP contribution is -2.46. The molecule has 10 nitrogen and oxygen atoms in total. The van der Waals surface area contributed by atoms with Crippen LogP contribution in [0.1, 0.15) is 34.8 Å². The number of hydrogen-bond donors (Lipinski definition) is 2. The molecule has 1 saturated heterocycles. The van der Waals surface area contributed by atoms with Crippen molar-refractivity contribution in [1.82, 2.24) is 24.6 Å². The molecule has 2 aromatic heterocycles. The van der Waals surface area contributed by atoms with Crippen molar-refractivity contribution in [3.05, 3.63) is 33.6 Å². The van der Waals surface area contributed by atoms with Crippen molar-refractivity contribution in [2.45, 2.75) is 37.6 Å². The molecular weight excluding hydrogens is 362 g/mol. The van der Waals surface area contributed by atoms with Crippen LogP contribution in [0, 0.1) is 13.8 Å². The Hall–Kier alpha value is -2.40. The number of carbonyl (C=O) groups is 1. The van der Waals surface area contributed by atoms with Gasteiger partial charge in [-0.25, -0.2) is 8.42 Å². The van der Waals surface area contributed by atoms with E-state index in [-0.39, 0.29) is 46.9 Å². The number of aromatic amines is 1. The molecule has 1 aliphatic rings. The monoisotopic (exact) mass is 383 g/mol. The molecule has 2 N–H and O–H groups in total. The van der Waals surface area contributed by atoms with Crippen molar-refractivity contribution >= 4 is 15.9 Å². The molecule has 0 aliphatic carbocycles. The van der Waals surface area contributed by atoms with Crippen LogP contribution in [-0.4, -0.2) is 52.7 Å². The van der Waals surface area contributed by atoms with Gasteiger partial charge in [0.05, 0.1) is 0 Å². The molecule has 1 fully saturated rings. The van der Waals surface area contributed by atoms with E-state index < -0.39 is 10.0 Å². The first kappa shape index (κ1) is 18.4. The molecule has 0 atom stereocenters. The third-order valence-electron chi connectivity index (χ3n) is 4.49. The summed E-state index contributed by atoms with van der Waals surface area (Å²) in [7, 11) is -2.10. The van der Waals surface area contributed by atoms with Gasteiger partial charge in [-0.3, -0.25) is 19.4 Å². The summed E-state index contributed by atoms with van der Waals surface area (Å²) in [6.07, 6.45) is 0.958. The van der Waals surface area contributed by atoms with Crippen molar-refractivity contribution in [2.24, 2.45) is 7.05 Å². The first-order valence-electron chi connectivity index (χ1n) is 8.20. The summed E-state index contributed by atoms with van der Waals surface area (Å²) in [6.45, 7) is 3.73. The molecule has 0 radical (unpaired) electrons. The van der Waals surface area contributed by atoms with Gasteiger partial charge in [-0.2, -0.15) is 4.31 Å². The summed E-state index contributed by atoms with van der Waals surface area (Å²) in [5, 5.41) is 9.03. The van der Waals surface area contributed by atoms with Gasteiger partial charge >= 0.3 is 0 Å². The maximum atomic E-state index is 12.8. The second kappa shape index (κ2) is 6.72. The summed E-state index contributed by atoms with van der Waals surface area (Å²) in [4.78, 5) is 23.7.